The average Bonchev–Trinajstić information content (AvgIpc) is 2.44. The Balaban J connectivity index is 1.89. The minimum absolute atomic E-state index is 0.624. The molecule has 2 aromatic carbocycles. The molecule has 98 valence electrons. The molecule has 0 atom stereocenters. The van der Waals surface area contributed by atoms with Crippen LogP contribution in [0.15, 0.2) is 36.4 Å². The molecule has 19 heavy (non-hydrogen) atoms. The quantitative estimate of drug-likeness (QED) is 0.826. The molecular formula is C16H15Cl2N. The molecule has 0 saturated heterocycles. The Kier molecular flexibility index (Phi) is 3.67. The first-order valence-corrected chi connectivity index (χ1v) is 7.28. The van der Waals surface area contributed by atoms with Crippen LogP contribution >= 0.6 is 23.2 Å². The molecular weight excluding hydrogens is 277 g/mol. The van der Waals surface area contributed by atoms with E-state index in [1.54, 1.807) is 0 Å². The van der Waals surface area contributed by atoms with E-state index in [0.29, 0.717) is 10.0 Å². The molecule has 1 aliphatic heterocycles. The van der Waals surface area contributed by atoms with Crippen molar-refractivity contribution >= 4 is 28.9 Å². The van der Waals surface area contributed by atoms with E-state index >= 15 is 0 Å². The van der Waals surface area contributed by atoms with Crippen LogP contribution in [0, 0.1) is 0 Å². The molecule has 3 heteroatoms. The molecule has 0 spiro atoms. The van der Waals surface area contributed by atoms with Crippen LogP contribution in [0.4, 0.5) is 5.69 Å². The van der Waals surface area contributed by atoms with Crippen LogP contribution in [0.25, 0.3) is 0 Å². The topological polar surface area (TPSA) is 12.0 Å². The van der Waals surface area contributed by atoms with E-state index in [1.165, 1.54) is 23.2 Å². The molecule has 1 aliphatic rings. The molecule has 3 rings (SSSR count). The highest BCUT2D eigenvalue weighted by atomic mass is 35.5. The van der Waals surface area contributed by atoms with Gasteiger partial charge < -0.3 is 5.32 Å². The van der Waals surface area contributed by atoms with Crippen molar-refractivity contribution in [2.24, 2.45) is 0 Å². The van der Waals surface area contributed by atoms with Crippen LogP contribution in [0.1, 0.15) is 23.1 Å². The predicted molar refractivity (Wildman–Crippen MR) is 82.5 cm³/mol. The van der Waals surface area contributed by atoms with E-state index in [0.717, 1.165) is 24.9 Å². The van der Waals surface area contributed by atoms with Crippen LogP contribution < -0.4 is 5.32 Å². The van der Waals surface area contributed by atoms with Gasteiger partial charge in [-0.05, 0) is 48.1 Å². The molecule has 0 fully saturated rings. The van der Waals surface area contributed by atoms with E-state index < -0.39 is 0 Å². The predicted octanol–water partition coefficient (Wildman–Crippen LogP) is 4.94. The third-order valence-electron chi connectivity index (χ3n) is 3.53. The molecule has 0 amide bonds. The van der Waals surface area contributed by atoms with Crippen molar-refractivity contribution in [3.63, 3.8) is 0 Å². The van der Waals surface area contributed by atoms with Crippen molar-refractivity contribution in [2.45, 2.75) is 19.3 Å². The van der Waals surface area contributed by atoms with Gasteiger partial charge in [0, 0.05) is 12.2 Å². The zero-order chi connectivity index (χ0) is 13.2. The van der Waals surface area contributed by atoms with Gasteiger partial charge in [0.2, 0.25) is 0 Å². The summed E-state index contributed by atoms with van der Waals surface area (Å²) in [7, 11) is 0. The summed E-state index contributed by atoms with van der Waals surface area (Å²) in [6, 6.07) is 12.4. The zero-order valence-electron chi connectivity index (χ0n) is 10.5. The summed E-state index contributed by atoms with van der Waals surface area (Å²) in [6.45, 7) is 1.08. The molecule has 0 bridgehead atoms. The maximum absolute atomic E-state index is 6.24. The number of nitrogens with one attached hydrogen (secondary N) is 1. The van der Waals surface area contributed by atoms with Crippen LogP contribution in [0.3, 0.4) is 0 Å². The summed E-state index contributed by atoms with van der Waals surface area (Å²) in [5.41, 5.74) is 5.04. The highest BCUT2D eigenvalue weighted by Gasteiger charge is 2.10. The van der Waals surface area contributed by atoms with Crippen molar-refractivity contribution in [2.75, 3.05) is 11.9 Å². The highest BCUT2D eigenvalue weighted by Crippen LogP contribution is 2.29. The second kappa shape index (κ2) is 5.44. The van der Waals surface area contributed by atoms with E-state index in [4.69, 9.17) is 23.2 Å². The Hall–Kier alpha value is -1.18. The van der Waals surface area contributed by atoms with Gasteiger partial charge in [0.25, 0.3) is 0 Å². The van der Waals surface area contributed by atoms with Gasteiger partial charge in [-0.25, -0.2) is 0 Å². The van der Waals surface area contributed by atoms with Crippen molar-refractivity contribution in [3.05, 3.63) is 63.1 Å². The third-order valence-corrected chi connectivity index (χ3v) is 4.39. The monoisotopic (exact) mass is 291 g/mol. The van der Waals surface area contributed by atoms with Gasteiger partial charge in [0.15, 0.2) is 0 Å². The fourth-order valence-corrected chi connectivity index (χ4v) is 2.93. The van der Waals surface area contributed by atoms with Crippen molar-refractivity contribution in [3.8, 4) is 0 Å². The number of hydrogen-bond donors (Lipinski definition) is 1. The van der Waals surface area contributed by atoms with Crippen molar-refractivity contribution in [1.82, 2.24) is 0 Å². The molecule has 1 N–H and O–H groups in total. The Morgan fingerprint density at radius 3 is 2.89 bits per heavy atom. The first-order chi connectivity index (χ1) is 9.24. The van der Waals surface area contributed by atoms with E-state index in [1.807, 2.05) is 18.2 Å². The van der Waals surface area contributed by atoms with E-state index in [9.17, 15) is 0 Å². The molecule has 2 aromatic rings. The lowest BCUT2D eigenvalue weighted by Gasteiger charge is -2.18. The largest absolute Gasteiger partial charge is 0.385 e. The Labute approximate surface area is 123 Å². The maximum atomic E-state index is 6.24. The molecule has 0 aliphatic carbocycles. The SMILES string of the molecule is Clc1cccc(Cc2ccc3c(c2)CCCN3)c1Cl. The van der Waals surface area contributed by atoms with E-state index in [-0.39, 0.29) is 0 Å². The highest BCUT2D eigenvalue weighted by molar-refractivity contribution is 6.42. The van der Waals surface area contributed by atoms with Gasteiger partial charge in [-0.2, -0.15) is 0 Å². The van der Waals surface area contributed by atoms with Crippen LogP contribution in [0.5, 0.6) is 0 Å². The van der Waals surface area contributed by atoms with Crippen molar-refractivity contribution in [1.29, 1.82) is 0 Å². The molecule has 0 aromatic heterocycles. The molecule has 0 radical (unpaired) electrons. The first-order valence-electron chi connectivity index (χ1n) is 6.52. The lowest BCUT2D eigenvalue weighted by atomic mass is 9.97. The Morgan fingerprint density at radius 2 is 2.00 bits per heavy atom. The van der Waals surface area contributed by atoms with Crippen LogP contribution in [-0.4, -0.2) is 6.54 Å². The van der Waals surface area contributed by atoms with Gasteiger partial charge in [0.1, 0.15) is 0 Å². The molecule has 1 nitrogen and oxygen atoms in total. The first kappa shape index (κ1) is 12.8. The number of benzene rings is 2. The van der Waals surface area contributed by atoms with Gasteiger partial charge in [-0.15, -0.1) is 0 Å². The Morgan fingerprint density at radius 1 is 1.11 bits per heavy atom. The fourth-order valence-electron chi connectivity index (χ4n) is 2.54. The molecule has 0 saturated carbocycles. The minimum atomic E-state index is 0.624. The van der Waals surface area contributed by atoms with Gasteiger partial charge in [-0.3, -0.25) is 0 Å². The summed E-state index contributed by atoms with van der Waals surface area (Å²) in [5, 5.41) is 4.72. The lowest BCUT2D eigenvalue weighted by molar-refractivity contribution is 0.828. The van der Waals surface area contributed by atoms with Crippen LogP contribution in [0.2, 0.25) is 10.0 Å². The number of fused-ring (bicyclic) bond motifs is 1. The van der Waals surface area contributed by atoms with Gasteiger partial charge in [0.05, 0.1) is 10.0 Å². The zero-order valence-corrected chi connectivity index (χ0v) is 12.1. The standard InChI is InChI=1S/C16H15Cl2N/c17-14-5-1-3-13(16(14)18)10-11-6-7-15-12(9-11)4-2-8-19-15/h1,3,5-7,9,19H,2,4,8,10H2. The second-order valence-corrected chi connectivity index (χ2v) is 5.70. The molecule has 1 heterocycles. The average molecular weight is 292 g/mol. The smallest absolute Gasteiger partial charge is 0.0627 e. The fraction of sp³-hybridized carbons (Fsp3) is 0.250. The van der Waals surface area contributed by atoms with Crippen molar-refractivity contribution < 1.29 is 0 Å². The van der Waals surface area contributed by atoms with Crippen LogP contribution in [-0.2, 0) is 12.8 Å². The summed E-state index contributed by atoms with van der Waals surface area (Å²) >= 11 is 12.3. The number of anilines is 1. The summed E-state index contributed by atoms with van der Waals surface area (Å²) in [4.78, 5) is 0. The van der Waals surface area contributed by atoms with Gasteiger partial charge in [-0.1, -0.05) is 47.5 Å². The van der Waals surface area contributed by atoms with E-state index in [2.05, 4.69) is 23.5 Å². The second-order valence-electron chi connectivity index (χ2n) is 4.91. The Bertz CT molecular complexity index is 608. The number of hydrogen-bond acceptors (Lipinski definition) is 1. The summed E-state index contributed by atoms with van der Waals surface area (Å²) in [6.07, 6.45) is 3.18. The number of rotatable bonds is 2. The number of aryl methyl sites for hydroxylation is 1. The third kappa shape index (κ3) is 2.72. The van der Waals surface area contributed by atoms with Gasteiger partial charge >= 0.3 is 0 Å². The molecule has 0 unspecified atom stereocenters. The number of halogens is 2. The summed E-state index contributed by atoms with van der Waals surface area (Å²) in [5.74, 6) is 0. The summed E-state index contributed by atoms with van der Waals surface area (Å²) < 4.78 is 0. The normalized spacial score (nSPS) is 13.8. The minimum Gasteiger partial charge on any atom is -0.385 e. The lowest BCUT2D eigenvalue weighted by Crippen LogP contribution is -2.11. The maximum Gasteiger partial charge on any atom is 0.0627 e.